The number of piperazine rings is 1. The molecule has 330 valence electrons. The summed E-state index contributed by atoms with van der Waals surface area (Å²) < 4.78 is 41.7. The maximum absolute atomic E-state index is 14.0. The lowest BCUT2D eigenvalue weighted by atomic mass is 9.72. The van der Waals surface area contributed by atoms with Gasteiger partial charge in [0.15, 0.2) is 11.4 Å². The van der Waals surface area contributed by atoms with E-state index in [2.05, 4.69) is 61.1 Å². The van der Waals surface area contributed by atoms with Crippen LogP contribution in [0.4, 0.5) is 21.9 Å². The second-order valence-electron chi connectivity index (χ2n) is 16.7. The topological polar surface area (TPSA) is 221 Å². The lowest BCUT2D eigenvalue weighted by molar-refractivity contribution is -0.384. The number of carbonyl (C=O) groups is 2. The van der Waals surface area contributed by atoms with Crippen LogP contribution in [0.5, 0.6) is 17.2 Å². The second kappa shape index (κ2) is 17.8. The number of anilines is 2. The molecule has 3 aliphatic rings. The van der Waals surface area contributed by atoms with Crippen molar-refractivity contribution in [1.29, 1.82) is 0 Å². The van der Waals surface area contributed by atoms with Gasteiger partial charge >= 0.3 is 6.09 Å². The number of pyridine rings is 1. The molecule has 2 aromatic heterocycles. The van der Waals surface area contributed by atoms with Crippen molar-refractivity contribution in [1.82, 2.24) is 24.9 Å². The summed E-state index contributed by atoms with van der Waals surface area (Å²) >= 11 is 6.23. The first-order chi connectivity index (χ1) is 30.1. The van der Waals surface area contributed by atoms with Crippen molar-refractivity contribution in [3.05, 3.63) is 111 Å². The number of H-pyrrole nitrogens is 1. The number of allylic oxidation sites excluding steroid dienone is 1. The van der Waals surface area contributed by atoms with Crippen molar-refractivity contribution in [2.45, 2.75) is 50.5 Å². The molecule has 63 heavy (non-hydrogen) atoms. The first-order valence-corrected chi connectivity index (χ1v) is 22.4. The number of amides is 2. The van der Waals surface area contributed by atoms with Gasteiger partial charge in [-0.05, 0) is 78.6 Å². The van der Waals surface area contributed by atoms with Gasteiger partial charge in [-0.1, -0.05) is 43.2 Å². The molecule has 2 amide bonds. The summed E-state index contributed by atoms with van der Waals surface area (Å²) in [5.41, 5.74) is 4.91. The van der Waals surface area contributed by atoms with Crippen molar-refractivity contribution in [3.63, 3.8) is 0 Å². The number of carbonyl (C=O) groups excluding carboxylic acids is 1. The van der Waals surface area contributed by atoms with Crippen molar-refractivity contribution in [3.8, 4) is 17.2 Å². The molecule has 0 unspecified atom stereocenters. The Balaban J connectivity index is 1.02. The molecule has 1 aliphatic carbocycles. The molecule has 4 heterocycles. The summed E-state index contributed by atoms with van der Waals surface area (Å²) in [6.07, 6.45) is 5.40. The van der Waals surface area contributed by atoms with Crippen molar-refractivity contribution in [2.24, 2.45) is 5.41 Å². The third kappa shape index (κ3) is 9.98. The molecular formula is C44H47ClN8O9S. The Bertz CT molecular complexity index is 2720. The number of aromatic amines is 1. The molecule has 1 saturated heterocycles. The lowest BCUT2D eigenvalue weighted by Crippen LogP contribution is -2.47. The second-order valence-corrected chi connectivity index (χ2v) is 18.9. The zero-order valence-corrected chi connectivity index (χ0v) is 36.2. The van der Waals surface area contributed by atoms with E-state index in [-0.39, 0.29) is 47.7 Å². The van der Waals surface area contributed by atoms with Crippen molar-refractivity contribution < 1.29 is 37.5 Å². The van der Waals surface area contributed by atoms with Crippen molar-refractivity contribution in [2.75, 3.05) is 56.1 Å². The van der Waals surface area contributed by atoms with Crippen LogP contribution in [0.3, 0.4) is 0 Å². The molecule has 17 nitrogen and oxygen atoms in total. The molecule has 0 saturated carbocycles. The summed E-state index contributed by atoms with van der Waals surface area (Å²) in [4.78, 5) is 47.7. The van der Waals surface area contributed by atoms with Gasteiger partial charge in [0.05, 0.1) is 27.6 Å². The molecule has 0 bridgehead atoms. The number of sulfonamides is 1. The van der Waals surface area contributed by atoms with Crippen LogP contribution in [0, 0.1) is 15.5 Å². The predicted octanol–water partition coefficient (Wildman–Crippen LogP) is 7.65. The number of benzene rings is 3. The van der Waals surface area contributed by atoms with Crippen LogP contribution < -0.4 is 29.7 Å². The van der Waals surface area contributed by atoms with E-state index < -0.39 is 43.6 Å². The summed E-state index contributed by atoms with van der Waals surface area (Å²) in [5.74, 6) is -0.743. The van der Waals surface area contributed by atoms with Gasteiger partial charge in [0.2, 0.25) is 0 Å². The maximum atomic E-state index is 14.0. The Kier molecular flexibility index (Phi) is 12.2. The number of carboxylic acid groups (broad SMARTS) is 1. The molecule has 1 atom stereocenters. The number of aromatic nitrogens is 2. The number of nitro benzene ring substituents is 1. The average Bonchev–Trinajstić information content (AvgIpc) is 3.72. The highest BCUT2D eigenvalue weighted by atomic mass is 35.5. The van der Waals surface area contributed by atoms with Gasteiger partial charge in [-0.15, -0.1) is 0 Å². The number of ether oxygens (including phenoxy) is 2. The Labute approximate surface area is 368 Å². The van der Waals surface area contributed by atoms with Gasteiger partial charge in [0.1, 0.15) is 23.8 Å². The number of nitro groups is 1. The van der Waals surface area contributed by atoms with Crippen LogP contribution >= 0.6 is 11.6 Å². The highest BCUT2D eigenvalue weighted by Crippen LogP contribution is 2.44. The van der Waals surface area contributed by atoms with Crippen LogP contribution in [0.25, 0.3) is 16.6 Å². The number of hydrogen-bond donors (Lipinski definition) is 5. The number of hydrogen-bond acceptors (Lipinski definition) is 12. The third-order valence-corrected chi connectivity index (χ3v) is 13.3. The first kappa shape index (κ1) is 43.3. The normalized spacial score (nSPS) is 17.6. The molecule has 19 heteroatoms. The summed E-state index contributed by atoms with van der Waals surface area (Å²) in [6, 6.07) is 18.1. The predicted molar refractivity (Wildman–Crippen MR) is 239 cm³/mol. The van der Waals surface area contributed by atoms with E-state index in [0.29, 0.717) is 29.5 Å². The van der Waals surface area contributed by atoms with Crippen LogP contribution in [0.1, 0.15) is 55.5 Å². The molecular weight excluding hydrogens is 852 g/mol. The molecule has 0 radical (unpaired) electrons. The quantitative estimate of drug-likeness (QED) is 0.0567. The Hall–Kier alpha value is -6.37. The first-order valence-electron chi connectivity index (χ1n) is 20.6. The highest BCUT2D eigenvalue weighted by Gasteiger charge is 2.33. The molecule has 3 aromatic carbocycles. The average molecular weight is 899 g/mol. The molecule has 5 N–H and O–H groups in total. The Morgan fingerprint density at radius 3 is 2.60 bits per heavy atom. The van der Waals surface area contributed by atoms with E-state index in [9.17, 15) is 28.1 Å². The standard InChI is InChI=1S/C44H47ClN8O9S/c1-44(2)12-9-29(36(23-44)27-3-5-30(45)6-4-27)25-51-15-17-52(18-16-51)32-7-8-35(38(20-32)62-33-19-28-10-13-46-41(28)48-24-33)42(54)50-63(59,60)34-21-37(53(57)58)40-39(22-34)61-26-31(49-40)11-14-47-43(55)56/h3-8,10,13,19-22,24,31,47,49H,9,11-12,14-18,23,25-26H2,1-2H3,(H,46,48)(H,50,54)(H,55,56)/t31-/m1/s1. The summed E-state index contributed by atoms with van der Waals surface area (Å²) in [6.45, 7) is 8.51. The van der Waals surface area contributed by atoms with Gasteiger partial charge in [-0.25, -0.2) is 22.9 Å². The van der Waals surface area contributed by atoms with E-state index >= 15 is 0 Å². The maximum Gasteiger partial charge on any atom is 0.404 e. The SMILES string of the molecule is CC1(C)CCC(CN2CCN(c3ccc(C(=O)NS(=O)(=O)c4cc5c(c([N+](=O)[O-])c4)N[C@H](CCNC(=O)O)CO5)c(Oc4cnc5[nH]ccc5c4)c3)CC2)=C(c2ccc(Cl)cc2)C1. The van der Waals surface area contributed by atoms with Gasteiger partial charge in [-0.3, -0.25) is 19.8 Å². The summed E-state index contributed by atoms with van der Waals surface area (Å²) in [7, 11) is -4.71. The third-order valence-electron chi connectivity index (χ3n) is 11.7. The lowest BCUT2D eigenvalue weighted by Gasteiger charge is -2.39. The zero-order valence-electron chi connectivity index (χ0n) is 34.6. The van der Waals surface area contributed by atoms with Crippen molar-refractivity contribution >= 4 is 67.3 Å². The fourth-order valence-corrected chi connectivity index (χ4v) is 9.42. The van der Waals surface area contributed by atoms with E-state index in [0.717, 1.165) is 62.1 Å². The molecule has 0 spiro atoms. The Morgan fingerprint density at radius 2 is 1.86 bits per heavy atom. The van der Waals surface area contributed by atoms with Crippen LogP contribution in [0.2, 0.25) is 5.02 Å². The number of halogens is 1. The van der Waals surface area contributed by atoms with Crippen LogP contribution in [0.15, 0.2) is 89.6 Å². The molecule has 1 fully saturated rings. The van der Waals surface area contributed by atoms with E-state index in [1.807, 2.05) is 18.2 Å². The van der Waals surface area contributed by atoms with Gasteiger partial charge in [-0.2, -0.15) is 0 Å². The minimum atomic E-state index is -4.71. The highest BCUT2D eigenvalue weighted by molar-refractivity contribution is 7.90. The number of nitrogens with one attached hydrogen (secondary N) is 4. The van der Waals surface area contributed by atoms with Crippen LogP contribution in [-0.4, -0.2) is 97.2 Å². The fraction of sp³-hybridized carbons (Fsp3) is 0.341. The van der Waals surface area contributed by atoms with E-state index in [4.69, 9.17) is 26.2 Å². The van der Waals surface area contributed by atoms with E-state index in [1.165, 1.54) is 29.0 Å². The molecule has 8 rings (SSSR count). The van der Waals surface area contributed by atoms with Crippen LogP contribution in [-0.2, 0) is 10.0 Å². The van der Waals surface area contributed by atoms with Gasteiger partial charge in [0, 0.05) is 79.8 Å². The van der Waals surface area contributed by atoms with Gasteiger partial charge < -0.3 is 35.1 Å². The summed E-state index contributed by atoms with van der Waals surface area (Å²) in [5, 5.41) is 27.7. The minimum absolute atomic E-state index is 0.0192. The smallest absolute Gasteiger partial charge is 0.404 e. The minimum Gasteiger partial charge on any atom is -0.489 e. The number of rotatable bonds is 13. The Morgan fingerprint density at radius 1 is 1.08 bits per heavy atom. The number of nitrogens with zero attached hydrogens (tertiary/aromatic N) is 4. The largest absolute Gasteiger partial charge is 0.489 e. The molecule has 5 aromatic rings. The number of fused-ring (bicyclic) bond motifs is 2. The van der Waals surface area contributed by atoms with Gasteiger partial charge in [0.25, 0.3) is 21.6 Å². The molecule has 2 aliphatic heterocycles. The fourth-order valence-electron chi connectivity index (χ4n) is 8.30. The van der Waals surface area contributed by atoms with E-state index in [1.54, 1.807) is 24.4 Å². The zero-order chi connectivity index (χ0) is 44.5. The monoisotopic (exact) mass is 898 g/mol.